The number of nitrogens with one attached hydrogen (secondary N) is 2. The molecule has 4 atom stereocenters. The van der Waals surface area contributed by atoms with Gasteiger partial charge in [-0.05, 0) is 59.5 Å². The number of hydrogen-bond acceptors (Lipinski definition) is 9. The van der Waals surface area contributed by atoms with Crippen LogP contribution in [-0.2, 0) is 21.5 Å². The molecule has 5 rings (SSSR count). The van der Waals surface area contributed by atoms with Gasteiger partial charge in [-0.2, -0.15) is 13.1 Å². The molecule has 0 saturated heterocycles. The number of ketones is 1. The molecule has 37 heavy (non-hydrogen) atoms. The number of halogens is 1. The van der Waals surface area contributed by atoms with Gasteiger partial charge in [0, 0.05) is 29.7 Å². The van der Waals surface area contributed by atoms with Crippen LogP contribution in [0.5, 0.6) is 0 Å². The standard InChI is InChI=1S/C24H25ClN4O6S2/c25-16-2-1-13-3-4-35-23(18(13)7-16)15-6-21(36-11-15)22(31)19-10-26-12-27-24(19)29-17-5-14(20(30)8-17)9-28-37(32,33)34/h1-2,6-7,10-12,14,17,20,23,28,30H,3-5,8-9H2,(H,26,27,29)(H,32,33,34)/t14-,17-,20+,23+/m1/s1. The van der Waals surface area contributed by atoms with Crippen LogP contribution in [-0.4, -0.2) is 59.1 Å². The highest BCUT2D eigenvalue weighted by molar-refractivity contribution is 7.83. The maximum absolute atomic E-state index is 13.5. The Hall–Kier alpha value is -2.45. The molecule has 1 aliphatic heterocycles. The van der Waals surface area contributed by atoms with Crippen LogP contribution in [0.1, 0.15) is 50.9 Å². The number of fused-ring (bicyclic) bond motifs is 1. The quantitative estimate of drug-likeness (QED) is 0.239. The minimum absolute atomic E-state index is 0.0940. The Kier molecular flexibility index (Phi) is 7.59. The largest absolute Gasteiger partial charge is 0.393 e. The Morgan fingerprint density at radius 2 is 2.11 bits per heavy atom. The molecule has 1 aromatic carbocycles. The molecule has 1 saturated carbocycles. The highest BCUT2D eigenvalue weighted by Gasteiger charge is 2.34. The summed E-state index contributed by atoms with van der Waals surface area (Å²) in [4.78, 5) is 22.2. The number of rotatable bonds is 8. The van der Waals surface area contributed by atoms with Gasteiger partial charge in [-0.1, -0.05) is 17.7 Å². The van der Waals surface area contributed by atoms with E-state index in [1.165, 1.54) is 29.4 Å². The zero-order valence-electron chi connectivity index (χ0n) is 19.5. The van der Waals surface area contributed by atoms with Crippen LogP contribution >= 0.6 is 22.9 Å². The number of ether oxygens (including phenoxy) is 1. The fraction of sp³-hybridized carbons (Fsp3) is 0.375. The van der Waals surface area contributed by atoms with E-state index in [2.05, 4.69) is 15.3 Å². The summed E-state index contributed by atoms with van der Waals surface area (Å²) in [5, 5.41) is 16.1. The summed E-state index contributed by atoms with van der Waals surface area (Å²) in [6.45, 7) is 0.482. The van der Waals surface area contributed by atoms with Crippen LogP contribution in [0.15, 0.2) is 42.2 Å². The Morgan fingerprint density at radius 1 is 1.27 bits per heavy atom. The third kappa shape index (κ3) is 6.01. The zero-order valence-corrected chi connectivity index (χ0v) is 21.9. The van der Waals surface area contributed by atoms with Crippen molar-refractivity contribution in [3.63, 3.8) is 0 Å². The first-order valence-electron chi connectivity index (χ1n) is 11.7. The first-order valence-corrected chi connectivity index (χ1v) is 14.4. The first kappa shape index (κ1) is 26.2. The van der Waals surface area contributed by atoms with Crippen molar-refractivity contribution < 1.29 is 27.6 Å². The number of hydrogen-bond donors (Lipinski definition) is 4. The number of nitrogens with zero attached hydrogens (tertiary/aromatic N) is 2. The number of carbonyl (C=O) groups is 1. The molecule has 2 aliphatic rings. The molecule has 0 spiro atoms. The second-order valence-corrected chi connectivity index (χ2v) is 11.8. The van der Waals surface area contributed by atoms with Crippen LogP contribution in [0.4, 0.5) is 5.82 Å². The second-order valence-electron chi connectivity index (χ2n) is 9.17. The van der Waals surface area contributed by atoms with E-state index in [-0.39, 0.29) is 30.0 Å². The smallest absolute Gasteiger partial charge is 0.333 e. The molecule has 10 nitrogen and oxygen atoms in total. The molecule has 0 bridgehead atoms. The van der Waals surface area contributed by atoms with Crippen molar-refractivity contribution in [2.75, 3.05) is 18.5 Å². The van der Waals surface area contributed by atoms with Gasteiger partial charge in [0.1, 0.15) is 18.2 Å². The van der Waals surface area contributed by atoms with E-state index in [1.54, 1.807) is 0 Å². The van der Waals surface area contributed by atoms with Crippen molar-refractivity contribution in [1.82, 2.24) is 14.7 Å². The minimum atomic E-state index is -4.35. The average molecular weight is 565 g/mol. The number of thiophene rings is 1. The van der Waals surface area contributed by atoms with E-state index in [1.807, 2.05) is 34.4 Å². The Labute approximate surface area is 222 Å². The number of aromatic nitrogens is 2. The Morgan fingerprint density at radius 3 is 2.92 bits per heavy atom. The van der Waals surface area contributed by atoms with E-state index >= 15 is 0 Å². The van der Waals surface area contributed by atoms with E-state index < -0.39 is 22.3 Å². The summed E-state index contributed by atoms with van der Waals surface area (Å²) in [6, 6.07) is 7.35. The molecule has 4 N–H and O–H groups in total. The van der Waals surface area contributed by atoms with Gasteiger partial charge in [-0.15, -0.1) is 11.3 Å². The van der Waals surface area contributed by atoms with Gasteiger partial charge in [-0.3, -0.25) is 9.35 Å². The number of aliphatic hydroxyl groups is 1. The molecule has 3 aromatic rings. The van der Waals surface area contributed by atoms with Crippen LogP contribution < -0.4 is 10.0 Å². The van der Waals surface area contributed by atoms with E-state index in [0.717, 1.165) is 17.5 Å². The van der Waals surface area contributed by atoms with E-state index in [9.17, 15) is 18.3 Å². The summed E-state index contributed by atoms with van der Waals surface area (Å²) in [7, 11) is -4.35. The Bertz CT molecular complexity index is 1420. The van der Waals surface area contributed by atoms with Crippen LogP contribution in [0.2, 0.25) is 5.02 Å². The van der Waals surface area contributed by atoms with Crippen LogP contribution in [0, 0.1) is 5.92 Å². The third-order valence-electron chi connectivity index (χ3n) is 6.68. The van der Waals surface area contributed by atoms with Crippen LogP contribution in [0.3, 0.4) is 0 Å². The van der Waals surface area contributed by atoms with E-state index in [4.69, 9.17) is 20.9 Å². The molecule has 0 unspecified atom stereocenters. The molecule has 2 aromatic heterocycles. The third-order valence-corrected chi connectivity index (χ3v) is 8.39. The average Bonchev–Trinajstić information content (AvgIpc) is 3.48. The number of benzene rings is 1. The first-order chi connectivity index (χ1) is 17.7. The molecular formula is C24H25ClN4O6S2. The molecule has 196 valence electrons. The van der Waals surface area contributed by atoms with Crippen molar-refractivity contribution in [1.29, 1.82) is 0 Å². The van der Waals surface area contributed by atoms with Crippen molar-refractivity contribution >= 4 is 44.8 Å². The summed E-state index contributed by atoms with van der Waals surface area (Å²) >= 11 is 7.53. The highest BCUT2D eigenvalue weighted by atomic mass is 35.5. The van der Waals surface area contributed by atoms with Crippen LogP contribution in [0.25, 0.3) is 0 Å². The SMILES string of the molecule is O=C(c1cc([C@@H]2OCCc3ccc(Cl)cc32)cs1)c1cncnc1N[C@@H]1C[C@H](CNS(=O)(=O)O)[C@@H](O)C1. The topological polar surface area (TPSA) is 151 Å². The lowest BCUT2D eigenvalue weighted by molar-refractivity contribution is 0.0701. The van der Waals surface area contributed by atoms with Gasteiger partial charge in [0.25, 0.3) is 0 Å². The molecule has 0 radical (unpaired) electrons. The molecule has 1 aliphatic carbocycles. The fourth-order valence-corrected chi connectivity index (χ4v) is 6.37. The monoisotopic (exact) mass is 564 g/mol. The maximum Gasteiger partial charge on any atom is 0.333 e. The summed E-state index contributed by atoms with van der Waals surface area (Å²) < 4.78 is 38.9. The van der Waals surface area contributed by atoms with Gasteiger partial charge >= 0.3 is 10.3 Å². The van der Waals surface area contributed by atoms with Gasteiger partial charge in [0.05, 0.1) is 23.2 Å². The molecule has 13 heteroatoms. The second kappa shape index (κ2) is 10.7. The minimum Gasteiger partial charge on any atom is -0.393 e. The van der Waals surface area contributed by atoms with Crippen molar-refractivity contribution in [3.8, 4) is 0 Å². The van der Waals surface area contributed by atoms with Crippen molar-refractivity contribution in [2.24, 2.45) is 5.92 Å². The number of carbonyl (C=O) groups excluding carboxylic acids is 1. The lowest BCUT2D eigenvalue weighted by Gasteiger charge is -2.25. The van der Waals surface area contributed by atoms with Gasteiger partial charge in [-0.25, -0.2) is 9.97 Å². The molecule has 3 heterocycles. The number of aliphatic hydroxyl groups excluding tert-OH is 1. The lowest BCUT2D eigenvalue weighted by Crippen LogP contribution is -2.32. The zero-order chi connectivity index (χ0) is 26.2. The van der Waals surface area contributed by atoms with Gasteiger partial charge in [0.15, 0.2) is 0 Å². The van der Waals surface area contributed by atoms with Gasteiger partial charge < -0.3 is 15.2 Å². The number of anilines is 1. The van der Waals surface area contributed by atoms with E-state index in [0.29, 0.717) is 35.2 Å². The summed E-state index contributed by atoms with van der Waals surface area (Å²) in [5.41, 5.74) is 3.33. The summed E-state index contributed by atoms with van der Waals surface area (Å²) in [6.07, 6.45) is 3.25. The normalized spacial score (nSPS) is 23.5. The highest BCUT2D eigenvalue weighted by Crippen LogP contribution is 2.37. The molecule has 0 amide bonds. The maximum atomic E-state index is 13.5. The lowest BCUT2D eigenvalue weighted by atomic mass is 9.94. The van der Waals surface area contributed by atoms with Crippen molar-refractivity contribution in [3.05, 3.63) is 74.3 Å². The fourth-order valence-electron chi connectivity index (χ4n) is 4.89. The predicted octanol–water partition coefficient (Wildman–Crippen LogP) is 3.03. The summed E-state index contributed by atoms with van der Waals surface area (Å²) in [5.74, 6) is -0.307. The van der Waals surface area contributed by atoms with Crippen molar-refractivity contribution in [2.45, 2.75) is 37.5 Å². The Balaban J connectivity index is 1.32. The van der Waals surface area contributed by atoms with Gasteiger partial charge in [0.2, 0.25) is 5.78 Å². The molecule has 1 fully saturated rings. The molecular weight excluding hydrogens is 540 g/mol. The predicted molar refractivity (Wildman–Crippen MR) is 138 cm³/mol.